The number of amides is 1. The third-order valence-electron chi connectivity index (χ3n) is 4.31. The fourth-order valence-corrected chi connectivity index (χ4v) is 3.07. The Labute approximate surface area is 135 Å². The van der Waals surface area contributed by atoms with Crippen LogP contribution in [0.4, 0.5) is 8.78 Å². The average Bonchev–Trinajstić information content (AvgIpc) is 2.89. The van der Waals surface area contributed by atoms with Crippen molar-refractivity contribution in [3.63, 3.8) is 0 Å². The van der Waals surface area contributed by atoms with Crippen LogP contribution in [0.15, 0.2) is 6.20 Å². The topological polar surface area (TPSA) is 58.4 Å². The zero-order valence-corrected chi connectivity index (χ0v) is 13.9. The van der Waals surface area contributed by atoms with Crippen molar-refractivity contribution in [2.45, 2.75) is 46.6 Å². The smallest absolute Gasteiger partial charge is 0.280 e. The SMILES string of the molecule is CC(C)Cn1ncc(C(=O)N2CCCC(C)(CO)C2)c1C(F)F. The maximum absolute atomic E-state index is 13.4. The number of piperidine rings is 1. The van der Waals surface area contributed by atoms with Gasteiger partial charge >= 0.3 is 0 Å². The molecule has 1 aromatic heterocycles. The van der Waals surface area contributed by atoms with E-state index in [0.717, 1.165) is 12.8 Å². The number of carbonyl (C=O) groups excluding carboxylic acids is 1. The van der Waals surface area contributed by atoms with Gasteiger partial charge in [0.15, 0.2) is 0 Å². The van der Waals surface area contributed by atoms with Crippen LogP contribution in [0.5, 0.6) is 0 Å². The molecule has 0 saturated carbocycles. The van der Waals surface area contributed by atoms with Crippen LogP contribution >= 0.6 is 0 Å². The van der Waals surface area contributed by atoms with Crippen LogP contribution in [0, 0.1) is 11.3 Å². The molecular formula is C16H25F2N3O2. The summed E-state index contributed by atoms with van der Waals surface area (Å²) >= 11 is 0. The van der Waals surface area contributed by atoms with E-state index in [4.69, 9.17) is 0 Å². The van der Waals surface area contributed by atoms with E-state index in [2.05, 4.69) is 5.10 Å². The molecule has 1 aromatic rings. The monoisotopic (exact) mass is 329 g/mol. The molecule has 0 bridgehead atoms. The highest BCUT2D eigenvalue weighted by atomic mass is 19.3. The van der Waals surface area contributed by atoms with Gasteiger partial charge in [0, 0.05) is 25.0 Å². The lowest BCUT2D eigenvalue weighted by molar-refractivity contribution is 0.0351. The van der Waals surface area contributed by atoms with Gasteiger partial charge in [0.1, 0.15) is 5.69 Å². The number of hydrogen-bond acceptors (Lipinski definition) is 3. The number of aliphatic hydroxyl groups is 1. The molecule has 1 atom stereocenters. The zero-order valence-electron chi connectivity index (χ0n) is 13.9. The van der Waals surface area contributed by atoms with Gasteiger partial charge in [0.25, 0.3) is 12.3 Å². The van der Waals surface area contributed by atoms with Crippen LogP contribution in [0.3, 0.4) is 0 Å². The molecule has 1 aliphatic rings. The van der Waals surface area contributed by atoms with E-state index in [-0.39, 0.29) is 29.2 Å². The van der Waals surface area contributed by atoms with E-state index in [1.54, 1.807) is 4.90 Å². The number of rotatable bonds is 5. The lowest BCUT2D eigenvalue weighted by Crippen LogP contribution is -2.46. The summed E-state index contributed by atoms with van der Waals surface area (Å²) in [5, 5.41) is 13.5. The molecule has 1 N–H and O–H groups in total. The van der Waals surface area contributed by atoms with Crippen molar-refractivity contribution in [1.82, 2.24) is 14.7 Å². The molecule has 1 saturated heterocycles. The van der Waals surface area contributed by atoms with Gasteiger partial charge in [-0.2, -0.15) is 5.10 Å². The van der Waals surface area contributed by atoms with Gasteiger partial charge in [0.2, 0.25) is 0 Å². The predicted octanol–water partition coefficient (Wildman–Crippen LogP) is 2.71. The maximum atomic E-state index is 13.4. The van der Waals surface area contributed by atoms with Gasteiger partial charge in [-0.05, 0) is 18.8 Å². The fourth-order valence-electron chi connectivity index (χ4n) is 3.07. The Hall–Kier alpha value is -1.50. The van der Waals surface area contributed by atoms with Gasteiger partial charge in [-0.1, -0.05) is 20.8 Å². The van der Waals surface area contributed by atoms with Crippen molar-refractivity contribution in [3.8, 4) is 0 Å². The van der Waals surface area contributed by atoms with E-state index < -0.39 is 12.3 Å². The lowest BCUT2D eigenvalue weighted by atomic mass is 9.82. The first-order valence-corrected chi connectivity index (χ1v) is 8.01. The number of aromatic nitrogens is 2. The Morgan fingerprint density at radius 1 is 1.48 bits per heavy atom. The Bertz CT molecular complexity index is 560. The molecule has 0 radical (unpaired) electrons. The van der Waals surface area contributed by atoms with E-state index in [0.29, 0.717) is 19.6 Å². The summed E-state index contributed by atoms with van der Waals surface area (Å²) in [6.07, 6.45) is 0.0789. The van der Waals surface area contributed by atoms with Gasteiger partial charge in [0.05, 0.1) is 18.4 Å². The highest BCUT2D eigenvalue weighted by Crippen LogP contribution is 2.31. The van der Waals surface area contributed by atoms with Crippen molar-refractivity contribution in [1.29, 1.82) is 0 Å². The summed E-state index contributed by atoms with van der Waals surface area (Å²) in [5.41, 5.74) is -0.699. The number of likely N-dealkylation sites (tertiary alicyclic amines) is 1. The summed E-state index contributed by atoms with van der Waals surface area (Å²) < 4.78 is 28.1. The quantitative estimate of drug-likeness (QED) is 0.903. The summed E-state index contributed by atoms with van der Waals surface area (Å²) in [6.45, 7) is 6.95. The lowest BCUT2D eigenvalue weighted by Gasteiger charge is -2.39. The Morgan fingerprint density at radius 3 is 2.74 bits per heavy atom. The Kier molecular flexibility index (Phi) is 5.39. The second-order valence-corrected chi connectivity index (χ2v) is 7.12. The highest BCUT2D eigenvalue weighted by Gasteiger charge is 2.35. The highest BCUT2D eigenvalue weighted by molar-refractivity contribution is 5.95. The molecule has 0 aromatic carbocycles. The number of alkyl halides is 2. The number of hydrogen-bond donors (Lipinski definition) is 1. The summed E-state index contributed by atoms with van der Waals surface area (Å²) in [4.78, 5) is 14.2. The molecule has 1 amide bonds. The molecular weight excluding hydrogens is 304 g/mol. The van der Waals surface area contributed by atoms with Crippen LogP contribution in [0.2, 0.25) is 0 Å². The second kappa shape index (κ2) is 6.95. The molecule has 130 valence electrons. The minimum Gasteiger partial charge on any atom is -0.396 e. The Morgan fingerprint density at radius 2 is 2.17 bits per heavy atom. The summed E-state index contributed by atoms with van der Waals surface area (Å²) in [7, 11) is 0. The Balaban J connectivity index is 2.27. The van der Waals surface area contributed by atoms with Gasteiger partial charge < -0.3 is 10.0 Å². The minimum atomic E-state index is -2.75. The summed E-state index contributed by atoms with van der Waals surface area (Å²) in [6, 6.07) is 0. The molecule has 23 heavy (non-hydrogen) atoms. The van der Waals surface area contributed by atoms with Crippen molar-refractivity contribution in [2.75, 3.05) is 19.7 Å². The van der Waals surface area contributed by atoms with Crippen LogP contribution < -0.4 is 0 Å². The number of carbonyl (C=O) groups is 1. The minimum absolute atomic E-state index is 0.0227. The molecule has 2 heterocycles. The molecule has 2 rings (SSSR count). The first-order chi connectivity index (χ1) is 10.8. The van der Waals surface area contributed by atoms with Crippen LogP contribution in [0.1, 0.15) is 56.1 Å². The van der Waals surface area contributed by atoms with Crippen LogP contribution in [-0.2, 0) is 6.54 Å². The summed E-state index contributed by atoms with van der Waals surface area (Å²) in [5.74, 6) is -0.266. The van der Waals surface area contributed by atoms with Crippen LogP contribution in [0.25, 0.3) is 0 Å². The van der Waals surface area contributed by atoms with Crippen molar-refractivity contribution >= 4 is 5.91 Å². The molecule has 0 spiro atoms. The van der Waals surface area contributed by atoms with Gasteiger partial charge in [-0.3, -0.25) is 9.48 Å². The zero-order chi connectivity index (χ0) is 17.2. The molecule has 0 aliphatic carbocycles. The molecule has 1 unspecified atom stereocenters. The average molecular weight is 329 g/mol. The molecule has 5 nitrogen and oxygen atoms in total. The second-order valence-electron chi connectivity index (χ2n) is 7.12. The van der Waals surface area contributed by atoms with E-state index in [9.17, 15) is 18.7 Å². The van der Waals surface area contributed by atoms with Crippen molar-refractivity contribution in [3.05, 3.63) is 17.5 Å². The van der Waals surface area contributed by atoms with E-state index in [1.807, 2.05) is 20.8 Å². The number of aliphatic hydroxyl groups excluding tert-OH is 1. The number of nitrogens with zero attached hydrogens (tertiary/aromatic N) is 3. The molecule has 1 fully saturated rings. The first kappa shape index (κ1) is 17.8. The normalized spacial score (nSPS) is 22.2. The molecule has 7 heteroatoms. The fraction of sp³-hybridized carbons (Fsp3) is 0.750. The van der Waals surface area contributed by atoms with E-state index in [1.165, 1.54) is 10.9 Å². The maximum Gasteiger partial charge on any atom is 0.280 e. The van der Waals surface area contributed by atoms with Gasteiger partial charge in [-0.15, -0.1) is 0 Å². The van der Waals surface area contributed by atoms with Crippen molar-refractivity contribution in [2.24, 2.45) is 11.3 Å². The van der Waals surface area contributed by atoms with Crippen LogP contribution in [-0.4, -0.2) is 45.4 Å². The molecule has 1 aliphatic heterocycles. The third-order valence-corrected chi connectivity index (χ3v) is 4.31. The van der Waals surface area contributed by atoms with Crippen molar-refractivity contribution < 1.29 is 18.7 Å². The largest absolute Gasteiger partial charge is 0.396 e. The van der Waals surface area contributed by atoms with Gasteiger partial charge in [-0.25, -0.2) is 8.78 Å². The third kappa shape index (κ3) is 3.88. The standard InChI is InChI=1S/C16H25F2N3O2/c1-11(2)8-21-13(14(17)18)12(7-19-21)15(23)20-6-4-5-16(3,9-20)10-22/h7,11,14,22H,4-6,8-10H2,1-3H3. The van der Waals surface area contributed by atoms with E-state index >= 15 is 0 Å². The first-order valence-electron chi connectivity index (χ1n) is 8.01. The number of halogens is 2. The predicted molar refractivity (Wildman–Crippen MR) is 82.4 cm³/mol.